The smallest absolute Gasteiger partial charge is 0.335 e. The maximum absolute atomic E-state index is 13.7. The number of hydrogen-bond acceptors (Lipinski definition) is 2. The molecule has 0 fully saturated rings. The number of rotatable bonds is 4. The number of carboxylic acids is 1. The van der Waals surface area contributed by atoms with Crippen LogP contribution in [0.4, 0.5) is 4.39 Å². The molecule has 0 bridgehead atoms. The van der Waals surface area contributed by atoms with Crippen LogP contribution in [0.25, 0.3) is 0 Å². The maximum Gasteiger partial charge on any atom is 0.335 e. The number of carboxylic acid groups (broad SMARTS) is 1. The van der Waals surface area contributed by atoms with E-state index in [0.29, 0.717) is 14.7 Å². The molecule has 0 radical (unpaired) electrons. The molecule has 2 rings (SSSR count). The Morgan fingerprint density at radius 1 is 1.14 bits per heavy atom. The van der Waals surface area contributed by atoms with Crippen LogP contribution in [0.1, 0.15) is 15.9 Å². The molecule has 0 atom stereocenters. The van der Waals surface area contributed by atoms with Crippen LogP contribution in [0.15, 0.2) is 43.7 Å². The summed E-state index contributed by atoms with van der Waals surface area (Å²) in [5.74, 6) is -1.11. The maximum atomic E-state index is 13.7. The molecular weight excluding hydrogens is 475 g/mol. The molecule has 2 aromatic rings. The Bertz CT molecular complexity index is 681. The Kier molecular flexibility index (Phi) is 5.40. The molecule has 0 aliphatic carbocycles. The zero-order valence-electron chi connectivity index (χ0n) is 10.4. The molecule has 0 unspecified atom stereocenters. The molecule has 21 heavy (non-hydrogen) atoms. The molecule has 3 nitrogen and oxygen atoms in total. The second-order valence-corrected chi connectivity index (χ2v) is 6.72. The van der Waals surface area contributed by atoms with Crippen LogP contribution < -0.4 is 4.74 Å². The van der Waals surface area contributed by atoms with Crippen molar-refractivity contribution >= 4 is 53.8 Å². The fourth-order valence-electron chi connectivity index (χ4n) is 1.64. The highest BCUT2D eigenvalue weighted by Crippen LogP contribution is 2.37. The highest BCUT2D eigenvalue weighted by atomic mass is 79.9. The van der Waals surface area contributed by atoms with E-state index >= 15 is 0 Å². The molecule has 1 N–H and O–H groups in total. The standard InChI is InChI=1S/C14H8Br3FO3/c15-9-4-10(16)13(11(17)5-9)21-6-8-3-7(14(19)20)1-2-12(8)18/h1-5H,6H2,(H,19,20). The van der Waals surface area contributed by atoms with Crippen LogP contribution in [0.5, 0.6) is 5.75 Å². The zero-order chi connectivity index (χ0) is 15.6. The van der Waals surface area contributed by atoms with Gasteiger partial charge in [0.2, 0.25) is 0 Å². The van der Waals surface area contributed by atoms with Crippen molar-refractivity contribution in [2.75, 3.05) is 0 Å². The number of carbonyl (C=O) groups is 1. The summed E-state index contributed by atoms with van der Waals surface area (Å²) in [5.41, 5.74) is 0.195. The minimum absolute atomic E-state index is 0.0175. The highest BCUT2D eigenvalue weighted by Gasteiger charge is 2.12. The molecule has 0 aliphatic rings. The van der Waals surface area contributed by atoms with Crippen molar-refractivity contribution in [1.82, 2.24) is 0 Å². The van der Waals surface area contributed by atoms with Gasteiger partial charge in [0.1, 0.15) is 18.2 Å². The number of halogens is 4. The predicted octanol–water partition coefficient (Wildman–Crippen LogP) is 5.39. The van der Waals surface area contributed by atoms with E-state index in [2.05, 4.69) is 47.8 Å². The van der Waals surface area contributed by atoms with Crippen molar-refractivity contribution in [3.63, 3.8) is 0 Å². The van der Waals surface area contributed by atoms with E-state index in [1.165, 1.54) is 12.1 Å². The van der Waals surface area contributed by atoms with Gasteiger partial charge < -0.3 is 9.84 Å². The molecule has 0 amide bonds. The summed E-state index contributed by atoms with van der Waals surface area (Å²) < 4.78 is 21.5. The van der Waals surface area contributed by atoms with Gasteiger partial charge in [0.25, 0.3) is 0 Å². The lowest BCUT2D eigenvalue weighted by molar-refractivity contribution is 0.0696. The summed E-state index contributed by atoms with van der Waals surface area (Å²) in [6.45, 7) is -0.0776. The normalized spacial score (nSPS) is 10.5. The van der Waals surface area contributed by atoms with Gasteiger partial charge in [-0.3, -0.25) is 0 Å². The van der Waals surface area contributed by atoms with Gasteiger partial charge in [0.15, 0.2) is 0 Å². The summed E-state index contributed by atoms with van der Waals surface area (Å²) in [6, 6.07) is 7.19. The zero-order valence-corrected chi connectivity index (χ0v) is 15.1. The van der Waals surface area contributed by atoms with Crippen molar-refractivity contribution in [3.05, 3.63) is 60.7 Å². The Morgan fingerprint density at radius 3 is 2.33 bits per heavy atom. The molecule has 0 spiro atoms. The van der Waals surface area contributed by atoms with Crippen molar-refractivity contribution in [1.29, 1.82) is 0 Å². The van der Waals surface area contributed by atoms with E-state index in [1.54, 1.807) is 12.1 Å². The van der Waals surface area contributed by atoms with Crippen LogP contribution in [-0.2, 0) is 6.61 Å². The Morgan fingerprint density at radius 2 is 1.76 bits per heavy atom. The first-order valence-corrected chi connectivity index (χ1v) is 8.05. The summed E-state index contributed by atoms with van der Waals surface area (Å²) in [5, 5.41) is 8.92. The number of ether oxygens (including phenoxy) is 1. The second-order valence-electron chi connectivity index (χ2n) is 4.10. The van der Waals surface area contributed by atoms with E-state index in [4.69, 9.17) is 9.84 Å². The minimum atomic E-state index is -1.11. The van der Waals surface area contributed by atoms with Crippen molar-refractivity contribution in [2.24, 2.45) is 0 Å². The molecular formula is C14H8Br3FO3. The van der Waals surface area contributed by atoms with Gasteiger partial charge in [0, 0.05) is 10.0 Å². The highest BCUT2D eigenvalue weighted by molar-refractivity contribution is 9.11. The monoisotopic (exact) mass is 480 g/mol. The first-order chi connectivity index (χ1) is 9.88. The predicted molar refractivity (Wildman–Crippen MR) is 87.2 cm³/mol. The van der Waals surface area contributed by atoms with Crippen molar-refractivity contribution in [3.8, 4) is 5.75 Å². The molecule has 2 aromatic carbocycles. The Hall–Kier alpha value is -0.920. The summed E-state index contributed by atoms with van der Waals surface area (Å²) in [6.07, 6.45) is 0. The van der Waals surface area contributed by atoms with Gasteiger partial charge in [-0.2, -0.15) is 0 Å². The first kappa shape index (κ1) is 16.5. The third-order valence-electron chi connectivity index (χ3n) is 2.63. The van der Waals surface area contributed by atoms with Crippen molar-refractivity contribution in [2.45, 2.75) is 6.61 Å². The van der Waals surface area contributed by atoms with Gasteiger partial charge in [0.05, 0.1) is 14.5 Å². The summed E-state index contributed by atoms with van der Waals surface area (Å²) >= 11 is 10.0. The van der Waals surface area contributed by atoms with E-state index in [9.17, 15) is 9.18 Å². The molecule has 0 heterocycles. The molecule has 110 valence electrons. The van der Waals surface area contributed by atoms with Gasteiger partial charge in [-0.15, -0.1) is 0 Å². The van der Waals surface area contributed by atoms with E-state index in [-0.39, 0.29) is 17.7 Å². The largest absolute Gasteiger partial charge is 0.486 e. The Labute approximate surface area is 145 Å². The molecule has 0 saturated carbocycles. The van der Waals surface area contributed by atoms with Gasteiger partial charge in [-0.1, -0.05) is 15.9 Å². The van der Waals surface area contributed by atoms with Gasteiger partial charge in [-0.25, -0.2) is 9.18 Å². The summed E-state index contributed by atoms with van der Waals surface area (Å²) in [4.78, 5) is 10.9. The average Bonchev–Trinajstić information content (AvgIpc) is 2.39. The molecule has 0 aliphatic heterocycles. The van der Waals surface area contributed by atoms with Crippen LogP contribution in [0, 0.1) is 5.82 Å². The Balaban J connectivity index is 2.24. The van der Waals surface area contributed by atoms with Crippen molar-refractivity contribution < 1.29 is 19.0 Å². The third kappa shape index (κ3) is 4.05. The van der Waals surface area contributed by atoms with E-state index < -0.39 is 11.8 Å². The average molecular weight is 483 g/mol. The van der Waals surface area contributed by atoms with Crippen LogP contribution >= 0.6 is 47.8 Å². The fourth-order valence-corrected chi connectivity index (χ4v) is 4.12. The number of hydrogen-bond donors (Lipinski definition) is 1. The lowest BCUT2D eigenvalue weighted by Crippen LogP contribution is -2.03. The van der Waals surface area contributed by atoms with Crippen LogP contribution in [0.2, 0.25) is 0 Å². The summed E-state index contributed by atoms with van der Waals surface area (Å²) in [7, 11) is 0. The number of benzene rings is 2. The minimum Gasteiger partial charge on any atom is -0.486 e. The van der Waals surface area contributed by atoms with E-state index in [1.807, 2.05) is 0 Å². The topological polar surface area (TPSA) is 46.5 Å². The SMILES string of the molecule is O=C(O)c1ccc(F)c(COc2c(Br)cc(Br)cc2Br)c1. The van der Waals surface area contributed by atoms with Gasteiger partial charge >= 0.3 is 5.97 Å². The first-order valence-electron chi connectivity index (χ1n) is 5.67. The molecule has 0 aromatic heterocycles. The van der Waals surface area contributed by atoms with Crippen LogP contribution in [-0.4, -0.2) is 11.1 Å². The molecule has 0 saturated heterocycles. The second kappa shape index (κ2) is 6.89. The quantitative estimate of drug-likeness (QED) is 0.635. The lowest BCUT2D eigenvalue weighted by atomic mass is 10.1. The van der Waals surface area contributed by atoms with Gasteiger partial charge in [-0.05, 0) is 62.2 Å². The fraction of sp³-hybridized carbons (Fsp3) is 0.0714. The number of aromatic carboxylic acids is 1. The lowest BCUT2D eigenvalue weighted by Gasteiger charge is -2.12. The molecule has 7 heteroatoms. The van der Waals surface area contributed by atoms with Crippen LogP contribution in [0.3, 0.4) is 0 Å². The van der Waals surface area contributed by atoms with E-state index in [0.717, 1.165) is 10.5 Å². The third-order valence-corrected chi connectivity index (χ3v) is 4.26.